The van der Waals surface area contributed by atoms with Crippen LogP contribution in [-0.4, -0.2) is 30.8 Å². The van der Waals surface area contributed by atoms with Crippen LogP contribution in [0.25, 0.3) is 0 Å². The quantitative estimate of drug-likeness (QED) is 0.770. The lowest BCUT2D eigenvalue weighted by Gasteiger charge is -2.24. The number of esters is 1. The summed E-state index contributed by atoms with van der Waals surface area (Å²) in [6.45, 7) is 9.27. The predicted molar refractivity (Wildman–Crippen MR) is 64.6 cm³/mol. The van der Waals surface area contributed by atoms with Gasteiger partial charge in [-0.2, -0.15) is 0 Å². The van der Waals surface area contributed by atoms with Crippen molar-refractivity contribution in [1.29, 1.82) is 0 Å². The summed E-state index contributed by atoms with van der Waals surface area (Å²) in [7, 11) is 1.29. The molecular formula is C12H23NO4. The summed E-state index contributed by atoms with van der Waals surface area (Å²) in [6, 6.07) is -0.280. The molecule has 5 nitrogen and oxygen atoms in total. The van der Waals surface area contributed by atoms with E-state index in [1.54, 1.807) is 0 Å². The molecular weight excluding hydrogens is 222 g/mol. The van der Waals surface area contributed by atoms with Crippen molar-refractivity contribution >= 4 is 12.1 Å². The molecule has 0 aliphatic rings. The van der Waals surface area contributed by atoms with E-state index < -0.39 is 11.7 Å². The number of alkyl carbamates (subject to hydrolysis) is 1. The average Bonchev–Trinajstić information content (AvgIpc) is 2.13. The van der Waals surface area contributed by atoms with Crippen LogP contribution in [0.5, 0.6) is 0 Å². The predicted octanol–water partition coefficient (Wildman–Crippen LogP) is 2.10. The topological polar surface area (TPSA) is 64.6 Å². The summed E-state index contributed by atoms with van der Waals surface area (Å²) in [5, 5.41) is 2.62. The van der Waals surface area contributed by atoms with E-state index in [0.717, 1.165) is 0 Å². The lowest BCUT2D eigenvalue weighted by Crippen LogP contribution is -2.41. The van der Waals surface area contributed by atoms with Gasteiger partial charge in [0.25, 0.3) is 0 Å². The Balaban J connectivity index is 4.35. The number of rotatable bonds is 4. The zero-order chi connectivity index (χ0) is 13.6. The molecule has 0 aromatic rings. The van der Waals surface area contributed by atoms with Crippen molar-refractivity contribution in [3.05, 3.63) is 0 Å². The third kappa shape index (κ3) is 7.60. The Bertz CT molecular complexity index is 268. The van der Waals surface area contributed by atoms with Gasteiger partial charge < -0.3 is 14.8 Å². The summed E-state index contributed by atoms with van der Waals surface area (Å²) in [5.74, 6) is -0.200. The highest BCUT2D eigenvalue weighted by Gasteiger charge is 2.23. The average molecular weight is 245 g/mol. The Morgan fingerprint density at radius 2 is 1.76 bits per heavy atom. The van der Waals surface area contributed by atoms with Gasteiger partial charge in [-0.3, -0.25) is 4.79 Å². The van der Waals surface area contributed by atoms with E-state index in [9.17, 15) is 9.59 Å². The van der Waals surface area contributed by atoms with Gasteiger partial charge in [0.15, 0.2) is 0 Å². The molecule has 1 amide bonds. The van der Waals surface area contributed by atoms with Crippen LogP contribution in [0.2, 0.25) is 0 Å². The van der Waals surface area contributed by atoms with E-state index in [-0.39, 0.29) is 24.3 Å². The van der Waals surface area contributed by atoms with E-state index in [1.165, 1.54) is 7.11 Å². The third-order valence-electron chi connectivity index (χ3n) is 2.10. The van der Waals surface area contributed by atoms with Crippen molar-refractivity contribution < 1.29 is 19.1 Å². The minimum Gasteiger partial charge on any atom is -0.460 e. The first-order valence-corrected chi connectivity index (χ1v) is 5.72. The second-order valence-electron chi connectivity index (χ2n) is 5.28. The van der Waals surface area contributed by atoms with Crippen LogP contribution in [0.4, 0.5) is 4.79 Å². The highest BCUT2D eigenvalue weighted by molar-refractivity contribution is 5.73. The first-order chi connectivity index (χ1) is 7.65. The molecule has 1 atom stereocenters. The summed E-state index contributed by atoms with van der Waals surface area (Å²) in [4.78, 5) is 22.7. The van der Waals surface area contributed by atoms with Crippen molar-refractivity contribution in [2.24, 2.45) is 5.92 Å². The SMILES string of the molecule is COC(=O)NC(CC(=O)OC(C)(C)C)C(C)C. The zero-order valence-electron chi connectivity index (χ0n) is 11.5. The number of methoxy groups -OCH3 is 1. The second-order valence-corrected chi connectivity index (χ2v) is 5.28. The van der Waals surface area contributed by atoms with Crippen molar-refractivity contribution in [2.75, 3.05) is 7.11 Å². The standard InChI is InChI=1S/C12H23NO4/c1-8(2)9(13-11(15)16-6)7-10(14)17-12(3,4)5/h8-9H,7H2,1-6H3,(H,13,15). The number of nitrogens with one attached hydrogen (secondary N) is 1. The first kappa shape index (κ1) is 15.7. The number of carbonyl (C=O) groups is 2. The summed E-state index contributed by atoms with van der Waals surface area (Å²) >= 11 is 0. The fraction of sp³-hybridized carbons (Fsp3) is 0.833. The fourth-order valence-corrected chi connectivity index (χ4v) is 1.23. The van der Waals surface area contributed by atoms with Crippen molar-refractivity contribution in [1.82, 2.24) is 5.32 Å². The molecule has 0 aliphatic carbocycles. The molecule has 0 aromatic heterocycles. The van der Waals surface area contributed by atoms with Crippen LogP contribution >= 0.6 is 0 Å². The van der Waals surface area contributed by atoms with Gasteiger partial charge in [-0.25, -0.2) is 4.79 Å². The van der Waals surface area contributed by atoms with E-state index in [4.69, 9.17) is 4.74 Å². The van der Waals surface area contributed by atoms with Gasteiger partial charge >= 0.3 is 12.1 Å². The Morgan fingerprint density at radius 3 is 2.12 bits per heavy atom. The van der Waals surface area contributed by atoms with Crippen molar-refractivity contribution in [3.63, 3.8) is 0 Å². The molecule has 0 saturated carbocycles. The zero-order valence-corrected chi connectivity index (χ0v) is 11.5. The second kappa shape index (κ2) is 6.47. The molecule has 1 unspecified atom stereocenters. The molecule has 17 heavy (non-hydrogen) atoms. The molecule has 0 heterocycles. The van der Waals surface area contributed by atoms with Gasteiger partial charge in [-0.05, 0) is 26.7 Å². The molecule has 0 bridgehead atoms. The minimum atomic E-state index is -0.535. The molecule has 1 N–H and O–H groups in total. The van der Waals surface area contributed by atoms with Gasteiger partial charge in [0.05, 0.1) is 13.5 Å². The van der Waals surface area contributed by atoms with Gasteiger partial charge in [0, 0.05) is 6.04 Å². The van der Waals surface area contributed by atoms with E-state index in [1.807, 2.05) is 34.6 Å². The lowest BCUT2D eigenvalue weighted by atomic mass is 10.0. The largest absolute Gasteiger partial charge is 0.460 e. The van der Waals surface area contributed by atoms with Gasteiger partial charge in [-0.15, -0.1) is 0 Å². The van der Waals surface area contributed by atoms with Gasteiger partial charge in [0.2, 0.25) is 0 Å². The molecule has 0 rings (SSSR count). The van der Waals surface area contributed by atoms with E-state index in [0.29, 0.717) is 0 Å². The number of hydrogen-bond donors (Lipinski definition) is 1. The van der Waals surface area contributed by atoms with Gasteiger partial charge in [0.1, 0.15) is 5.60 Å². The Labute approximate surface area is 103 Å². The molecule has 0 fully saturated rings. The van der Waals surface area contributed by atoms with E-state index in [2.05, 4.69) is 10.1 Å². The monoisotopic (exact) mass is 245 g/mol. The van der Waals surface area contributed by atoms with Gasteiger partial charge in [-0.1, -0.05) is 13.8 Å². The molecule has 0 radical (unpaired) electrons. The third-order valence-corrected chi connectivity index (χ3v) is 2.10. The molecule has 5 heteroatoms. The summed E-state index contributed by atoms with van der Waals surface area (Å²) in [5.41, 5.74) is -0.510. The number of amides is 1. The van der Waals surface area contributed by atoms with Crippen LogP contribution in [0.3, 0.4) is 0 Å². The highest BCUT2D eigenvalue weighted by Crippen LogP contribution is 2.12. The Hall–Kier alpha value is -1.26. The summed E-state index contributed by atoms with van der Waals surface area (Å²) < 4.78 is 9.71. The fourth-order valence-electron chi connectivity index (χ4n) is 1.23. The Morgan fingerprint density at radius 1 is 1.24 bits per heavy atom. The van der Waals surface area contributed by atoms with Crippen molar-refractivity contribution in [3.8, 4) is 0 Å². The Kier molecular flexibility index (Phi) is 5.99. The first-order valence-electron chi connectivity index (χ1n) is 5.72. The van der Waals surface area contributed by atoms with Crippen molar-refractivity contribution in [2.45, 2.75) is 52.7 Å². The lowest BCUT2D eigenvalue weighted by molar-refractivity contribution is -0.155. The van der Waals surface area contributed by atoms with E-state index >= 15 is 0 Å². The normalized spacial score (nSPS) is 13.1. The maximum Gasteiger partial charge on any atom is 0.407 e. The van der Waals surface area contributed by atoms with Crippen LogP contribution < -0.4 is 5.32 Å². The molecule has 0 aliphatic heterocycles. The number of hydrogen-bond acceptors (Lipinski definition) is 4. The maximum absolute atomic E-state index is 11.6. The minimum absolute atomic E-state index is 0.126. The van der Waals surface area contributed by atoms with Crippen LogP contribution in [-0.2, 0) is 14.3 Å². The maximum atomic E-state index is 11.6. The summed E-state index contributed by atoms with van der Waals surface area (Å²) in [6.07, 6.45) is -0.392. The number of carbonyl (C=O) groups excluding carboxylic acids is 2. The smallest absolute Gasteiger partial charge is 0.407 e. The molecule has 100 valence electrons. The number of ether oxygens (including phenoxy) is 2. The highest BCUT2D eigenvalue weighted by atomic mass is 16.6. The molecule has 0 saturated heterocycles. The molecule has 0 spiro atoms. The van der Waals surface area contributed by atoms with Crippen LogP contribution in [0, 0.1) is 5.92 Å². The molecule has 0 aromatic carbocycles. The van der Waals surface area contributed by atoms with Crippen LogP contribution in [0.1, 0.15) is 41.0 Å². The van der Waals surface area contributed by atoms with Crippen LogP contribution in [0.15, 0.2) is 0 Å².